The lowest BCUT2D eigenvalue weighted by molar-refractivity contribution is -0.387. The fraction of sp³-hybridized carbons (Fsp3) is 0.417. The molecule has 0 heterocycles. The SMILES string of the molecule is CSc1cc(C(=O)NC(C)(C)CO)ccc1[N+](=O)[O-]. The number of nitro groups is 1. The van der Waals surface area contributed by atoms with Gasteiger partial charge in [-0.1, -0.05) is 0 Å². The second kappa shape index (κ2) is 6.03. The van der Waals surface area contributed by atoms with Crippen LogP contribution < -0.4 is 5.32 Å². The van der Waals surface area contributed by atoms with Crippen LogP contribution in [0.4, 0.5) is 5.69 Å². The number of aliphatic hydroxyl groups excluding tert-OH is 1. The Kier molecular flexibility index (Phi) is 4.90. The third-order valence-electron chi connectivity index (χ3n) is 2.49. The fourth-order valence-electron chi connectivity index (χ4n) is 1.39. The highest BCUT2D eigenvalue weighted by Gasteiger charge is 2.22. The van der Waals surface area contributed by atoms with Crippen LogP contribution in [0, 0.1) is 10.1 Å². The summed E-state index contributed by atoms with van der Waals surface area (Å²) in [6.07, 6.45) is 1.71. The van der Waals surface area contributed by atoms with Crippen LogP contribution in [0.3, 0.4) is 0 Å². The summed E-state index contributed by atoms with van der Waals surface area (Å²) in [6, 6.07) is 4.19. The van der Waals surface area contributed by atoms with Crippen molar-refractivity contribution in [1.82, 2.24) is 5.32 Å². The largest absolute Gasteiger partial charge is 0.394 e. The number of amides is 1. The minimum Gasteiger partial charge on any atom is -0.394 e. The van der Waals surface area contributed by atoms with Gasteiger partial charge in [-0.3, -0.25) is 14.9 Å². The number of aliphatic hydroxyl groups is 1. The van der Waals surface area contributed by atoms with Crippen LogP contribution in [0.15, 0.2) is 23.1 Å². The van der Waals surface area contributed by atoms with Gasteiger partial charge in [0, 0.05) is 11.6 Å². The van der Waals surface area contributed by atoms with E-state index in [9.17, 15) is 14.9 Å². The first-order valence-corrected chi connectivity index (χ1v) is 6.79. The summed E-state index contributed by atoms with van der Waals surface area (Å²) in [6.45, 7) is 3.18. The number of carbonyl (C=O) groups excluding carboxylic acids is 1. The third-order valence-corrected chi connectivity index (χ3v) is 3.25. The van der Waals surface area contributed by atoms with Crippen LogP contribution in [-0.2, 0) is 0 Å². The molecule has 7 heteroatoms. The smallest absolute Gasteiger partial charge is 0.282 e. The standard InChI is InChI=1S/C12H16N2O4S/c1-12(2,7-15)13-11(16)8-4-5-9(14(17)18)10(6-8)19-3/h4-6,15H,7H2,1-3H3,(H,13,16). The van der Waals surface area contributed by atoms with Crippen molar-refractivity contribution in [1.29, 1.82) is 0 Å². The van der Waals surface area contributed by atoms with Crippen molar-refractivity contribution >= 4 is 23.4 Å². The molecule has 104 valence electrons. The summed E-state index contributed by atoms with van der Waals surface area (Å²) < 4.78 is 0. The van der Waals surface area contributed by atoms with Crippen molar-refractivity contribution in [3.63, 3.8) is 0 Å². The summed E-state index contributed by atoms with van der Waals surface area (Å²) in [7, 11) is 0. The van der Waals surface area contributed by atoms with Gasteiger partial charge in [-0.15, -0.1) is 11.8 Å². The van der Waals surface area contributed by atoms with Crippen molar-refractivity contribution < 1.29 is 14.8 Å². The number of nitrogens with zero attached hydrogens (tertiary/aromatic N) is 1. The van der Waals surface area contributed by atoms with Gasteiger partial charge < -0.3 is 10.4 Å². The molecule has 0 aliphatic rings. The number of thioether (sulfide) groups is 1. The number of carbonyl (C=O) groups is 1. The number of nitrogens with one attached hydrogen (secondary N) is 1. The van der Waals surface area contributed by atoms with Crippen molar-refractivity contribution in [3.8, 4) is 0 Å². The zero-order valence-corrected chi connectivity index (χ0v) is 11.8. The molecule has 0 aromatic heterocycles. The Morgan fingerprint density at radius 2 is 2.16 bits per heavy atom. The summed E-state index contributed by atoms with van der Waals surface area (Å²) in [4.78, 5) is 22.7. The zero-order chi connectivity index (χ0) is 14.6. The Bertz CT molecular complexity index is 503. The summed E-state index contributed by atoms with van der Waals surface area (Å²) >= 11 is 1.21. The highest BCUT2D eigenvalue weighted by atomic mass is 32.2. The van der Waals surface area contributed by atoms with E-state index in [1.54, 1.807) is 20.1 Å². The molecule has 2 N–H and O–H groups in total. The predicted octanol–water partition coefficient (Wildman–Crippen LogP) is 1.82. The van der Waals surface area contributed by atoms with Gasteiger partial charge in [0.25, 0.3) is 11.6 Å². The van der Waals surface area contributed by atoms with Gasteiger partial charge >= 0.3 is 0 Å². The van der Waals surface area contributed by atoms with E-state index in [4.69, 9.17) is 5.11 Å². The Balaban J connectivity index is 3.03. The van der Waals surface area contributed by atoms with Crippen LogP contribution in [0.1, 0.15) is 24.2 Å². The first kappa shape index (κ1) is 15.5. The Morgan fingerprint density at radius 3 is 2.63 bits per heavy atom. The lowest BCUT2D eigenvalue weighted by Gasteiger charge is -2.23. The second-order valence-corrected chi connectivity index (χ2v) is 5.49. The fourth-order valence-corrected chi connectivity index (χ4v) is 1.99. The van der Waals surface area contributed by atoms with Gasteiger partial charge in [0.2, 0.25) is 0 Å². The molecule has 0 fully saturated rings. The van der Waals surface area contributed by atoms with E-state index >= 15 is 0 Å². The maximum absolute atomic E-state index is 12.0. The number of hydrogen-bond donors (Lipinski definition) is 2. The van der Waals surface area contributed by atoms with E-state index in [1.807, 2.05) is 0 Å². The molecule has 0 unspecified atom stereocenters. The molecular formula is C12H16N2O4S. The average Bonchev–Trinajstić information content (AvgIpc) is 2.37. The molecule has 0 saturated heterocycles. The number of hydrogen-bond acceptors (Lipinski definition) is 5. The highest BCUT2D eigenvalue weighted by molar-refractivity contribution is 7.98. The maximum Gasteiger partial charge on any atom is 0.282 e. The minimum absolute atomic E-state index is 0.0227. The molecule has 0 aliphatic heterocycles. The van der Waals surface area contributed by atoms with Crippen molar-refractivity contribution in [2.45, 2.75) is 24.3 Å². The average molecular weight is 284 g/mol. The van der Waals surface area contributed by atoms with Crippen LogP contribution in [-0.4, -0.2) is 34.3 Å². The Labute approximate surface area is 115 Å². The Morgan fingerprint density at radius 1 is 1.53 bits per heavy atom. The lowest BCUT2D eigenvalue weighted by Crippen LogP contribution is -2.46. The highest BCUT2D eigenvalue weighted by Crippen LogP contribution is 2.28. The predicted molar refractivity (Wildman–Crippen MR) is 73.5 cm³/mol. The molecule has 6 nitrogen and oxygen atoms in total. The van der Waals surface area contributed by atoms with Crippen molar-refractivity contribution in [2.75, 3.05) is 12.9 Å². The summed E-state index contributed by atoms with van der Waals surface area (Å²) in [5, 5.41) is 22.5. The zero-order valence-electron chi connectivity index (χ0n) is 11.0. The van der Waals surface area contributed by atoms with Gasteiger partial charge in [0.05, 0.1) is 22.0 Å². The van der Waals surface area contributed by atoms with E-state index < -0.39 is 10.5 Å². The minimum atomic E-state index is -0.738. The molecule has 0 aliphatic carbocycles. The van der Waals surface area contributed by atoms with E-state index in [2.05, 4.69) is 5.32 Å². The molecule has 1 amide bonds. The quantitative estimate of drug-likeness (QED) is 0.489. The van der Waals surface area contributed by atoms with Gasteiger partial charge in [0.1, 0.15) is 0 Å². The number of rotatable bonds is 5. The molecule has 0 bridgehead atoms. The molecule has 0 spiro atoms. The molecule has 0 saturated carbocycles. The molecule has 0 radical (unpaired) electrons. The monoisotopic (exact) mass is 284 g/mol. The maximum atomic E-state index is 12.0. The van der Waals surface area contributed by atoms with Gasteiger partial charge in [-0.25, -0.2) is 0 Å². The summed E-state index contributed by atoms with van der Waals surface area (Å²) in [5.74, 6) is -0.371. The summed E-state index contributed by atoms with van der Waals surface area (Å²) in [5.41, 5.74) is -0.430. The first-order chi connectivity index (χ1) is 8.80. The molecule has 1 rings (SSSR count). The molecule has 1 aromatic carbocycles. The van der Waals surface area contributed by atoms with Gasteiger partial charge in [0.15, 0.2) is 0 Å². The van der Waals surface area contributed by atoms with E-state index in [1.165, 1.54) is 30.0 Å². The van der Waals surface area contributed by atoms with E-state index in [0.29, 0.717) is 10.5 Å². The Hall–Kier alpha value is -1.60. The molecule has 1 aromatic rings. The van der Waals surface area contributed by atoms with Crippen LogP contribution >= 0.6 is 11.8 Å². The molecule has 19 heavy (non-hydrogen) atoms. The molecule has 0 atom stereocenters. The number of benzene rings is 1. The van der Waals surface area contributed by atoms with Crippen molar-refractivity contribution in [2.24, 2.45) is 0 Å². The first-order valence-electron chi connectivity index (χ1n) is 5.56. The van der Waals surface area contributed by atoms with Gasteiger partial charge in [-0.05, 0) is 32.2 Å². The normalized spacial score (nSPS) is 11.2. The van der Waals surface area contributed by atoms with E-state index in [-0.39, 0.29) is 18.2 Å². The third kappa shape index (κ3) is 3.93. The van der Waals surface area contributed by atoms with Crippen LogP contribution in [0.2, 0.25) is 0 Å². The second-order valence-electron chi connectivity index (χ2n) is 4.64. The van der Waals surface area contributed by atoms with Crippen molar-refractivity contribution in [3.05, 3.63) is 33.9 Å². The lowest BCUT2D eigenvalue weighted by atomic mass is 10.1. The van der Waals surface area contributed by atoms with Crippen LogP contribution in [0.25, 0.3) is 0 Å². The number of nitro benzene ring substituents is 1. The van der Waals surface area contributed by atoms with Crippen LogP contribution in [0.5, 0.6) is 0 Å². The topological polar surface area (TPSA) is 92.5 Å². The molecular weight excluding hydrogens is 268 g/mol. The van der Waals surface area contributed by atoms with E-state index in [0.717, 1.165) is 0 Å². The van der Waals surface area contributed by atoms with Gasteiger partial charge in [-0.2, -0.15) is 0 Å².